The van der Waals surface area contributed by atoms with Crippen LogP contribution in [0.4, 0.5) is 5.82 Å². The van der Waals surface area contributed by atoms with Gasteiger partial charge in [0.1, 0.15) is 23.6 Å². The molecule has 43 heavy (non-hydrogen) atoms. The van der Waals surface area contributed by atoms with E-state index in [1.54, 1.807) is 24.3 Å². The molecule has 3 aromatic rings. The van der Waals surface area contributed by atoms with E-state index >= 15 is 0 Å². The molecule has 0 aliphatic carbocycles. The van der Waals surface area contributed by atoms with Crippen LogP contribution in [0.15, 0.2) is 55.0 Å². The molecule has 2 saturated heterocycles. The minimum absolute atomic E-state index is 0.0208. The van der Waals surface area contributed by atoms with Crippen LogP contribution in [-0.2, 0) is 34.8 Å². The summed E-state index contributed by atoms with van der Waals surface area (Å²) in [7, 11) is -4.06. The molecule has 2 fully saturated rings. The molecule has 3 N–H and O–H groups in total. The zero-order valence-electron chi connectivity index (χ0n) is 23.9. The van der Waals surface area contributed by atoms with Crippen molar-refractivity contribution >= 4 is 25.2 Å². The Morgan fingerprint density at radius 3 is 2.72 bits per heavy atom. The standard InChI is InChI=1S/C27H33ClN3O11P/c1-26(2,3)22-18(40-25(34)41-22)13-29-20-8-10-31(24(33)30-20)23-27(4,35)21(32)19(39-23)14-38-43(36)37-11-9-17(42-43)15-6-5-7-16(28)12-15/h5-8,10,12,17,19,21,23,32,35H,9,11,13-14H2,1-4H3,(H,29,30,33)/t17-,19+,21+,23+,27+,43+/m0/s1. The quantitative estimate of drug-likeness (QED) is 0.303. The van der Waals surface area contributed by atoms with Crippen molar-refractivity contribution in [2.24, 2.45) is 0 Å². The minimum atomic E-state index is -4.06. The van der Waals surface area contributed by atoms with Crippen LogP contribution in [0.1, 0.15) is 63.5 Å². The van der Waals surface area contributed by atoms with Gasteiger partial charge in [-0.15, -0.1) is 0 Å². The van der Waals surface area contributed by atoms with Gasteiger partial charge in [0.15, 0.2) is 17.7 Å². The first kappa shape index (κ1) is 31.6. The molecule has 4 heterocycles. The zero-order valence-corrected chi connectivity index (χ0v) is 25.5. The Hall–Kier alpha value is -2.81. The first-order valence-corrected chi connectivity index (χ1v) is 15.4. The third kappa shape index (κ3) is 6.81. The maximum atomic E-state index is 13.2. The third-order valence-electron chi connectivity index (χ3n) is 7.10. The number of halogens is 1. The highest BCUT2D eigenvalue weighted by Crippen LogP contribution is 2.57. The Bertz CT molecular complexity index is 1630. The maximum absolute atomic E-state index is 13.2. The van der Waals surface area contributed by atoms with E-state index in [0.717, 1.165) is 4.57 Å². The molecular formula is C27H33ClN3O11P. The zero-order chi connectivity index (χ0) is 31.2. The van der Waals surface area contributed by atoms with Gasteiger partial charge in [0, 0.05) is 23.1 Å². The molecule has 234 valence electrons. The summed E-state index contributed by atoms with van der Waals surface area (Å²) in [6, 6.07) is 8.37. The number of ether oxygens (including phenoxy) is 1. The molecule has 2 aromatic heterocycles. The number of rotatable bonds is 8. The van der Waals surface area contributed by atoms with Crippen molar-refractivity contribution in [3.8, 4) is 0 Å². The first-order chi connectivity index (χ1) is 20.2. The lowest BCUT2D eigenvalue weighted by atomic mass is 9.92. The molecule has 0 saturated carbocycles. The first-order valence-electron chi connectivity index (χ1n) is 13.5. The number of phosphoric acid groups is 1. The van der Waals surface area contributed by atoms with E-state index in [0.29, 0.717) is 22.8 Å². The van der Waals surface area contributed by atoms with E-state index in [1.807, 2.05) is 20.8 Å². The van der Waals surface area contributed by atoms with Crippen molar-refractivity contribution in [1.29, 1.82) is 0 Å². The minimum Gasteiger partial charge on any atom is -0.395 e. The van der Waals surface area contributed by atoms with Gasteiger partial charge < -0.3 is 29.1 Å². The Morgan fingerprint density at radius 2 is 2.02 bits per heavy atom. The fourth-order valence-electron chi connectivity index (χ4n) is 4.91. The maximum Gasteiger partial charge on any atom is 0.519 e. The molecule has 0 unspecified atom stereocenters. The SMILES string of the molecule is CC(C)(C)c1oc(=O)oc1CNc1ccn([C@@H]2O[C@H](CO[P@@]3(=O)OCC[C@@H](c4cccc(Cl)c4)O3)[C@@H](O)[C@@]2(C)O)c(=O)n1. The highest BCUT2D eigenvalue weighted by molar-refractivity contribution is 7.48. The highest BCUT2D eigenvalue weighted by atomic mass is 35.5. The predicted molar refractivity (Wildman–Crippen MR) is 152 cm³/mol. The number of hydrogen-bond donors (Lipinski definition) is 3. The van der Waals surface area contributed by atoms with Crippen LogP contribution in [0, 0.1) is 0 Å². The molecule has 2 aliphatic rings. The van der Waals surface area contributed by atoms with Crippen LogP contribution in [0.2, 0.25) is 5.02 Å². The van der Waals surface area contributed by atoms with Crippen molar-refractivity contribution < 1.29 is 41.9 Å². The van der Waals surface area contributed by atoms with E-state index < -0.39 is 61.5 Å². The molecule has 5 rings (SSSR count). The van der Waals surface area contributed by atoms with Crippen LogP contribution >= 0.6 is 19.4 Å². The molecule has 0 radical (unpaired) electrons. The summed E-state index contributed by atoms with van der Waals surface area (Å²) in [5.41, 5.74) is -2.55. The topological polar surface area (TPSA) is 185 Å². The highest BCUT2D eigenvalue weighted by Gasteiger charge is 2.54. The molecule has 0 spiro atoms. The summed E-state index contributed by atoms with van der Waals surface area (Å²) < 4.78 is 46.7. The summed E-state index contributed by atoms with van der Waals surface area (Å²) in [5.74, 6) is -0.0556. The van der Waals surface area contributed by atoms with Crippen molar-refractivity contribution in [3.05, 3.63) is 79.7 Å². The molecule has 2 aliphatic heterocycles. The van der Waals surface area contributed by atoms with E-state index in [9.17, 15) is 24.4 Å². The van der Waals surface area contributed by atoms with E-state index in [4.69, 9.17) is 38.7 Å². The van der Waals surface area contributed by atoms with Crippen LogP contribution in [-0.4, -0.2) is 50.8 Å². The largest absolute Gasteiger partial charge is 0.519 e. The Kier molecular flexibility index (Phi) is 8.78. The number of nitrogens with zero attached hydrogens (tertiary/aromatic N) is 2. The average molecular weight is 642 g/mol. The number of hydrogen-bond acceptors (Lipinski definition) is 13. The van der Waals surface area contributed by atoms with Gasteiger partial charge in [0.2, 0.25) is 0 Å². The van der Waals surface area contributed by atoms with Crippen LogP contribution in [0.25, 0.3) is 0 Å². The molecular weight excluding hydrogens is 609 g/mol. The second-order valence-corrected chi connectivity index (χ2v) is 13.6. The van der Waals surface area contributed by atoms with E-state index in [2.05, 4.69) is 10.3 Å². The molecule has 1 aromatic carbocycles. The number of aliphatic hydroxyl groups is 2. The Labute approximate surface area is 251 Å². The summed E-state index contributed by atoms with van der Waals surface area (Å²) in [6.45, 7) is 6.50. The number of anilines is 1. The van der Waals surface area contributed by atoms with Crippen LogP contribution in [0.3, 0.4) is 0 Å². The van der Waals surface area contributed by atoms with E-state index in [1.165, 1.54) is 19.2 Å². The summed E-state index contributed by atoms with van der Waals surface area (Å²) in [5, 5.41) is 25.3. The molecule has 0 amide bonds. The number of benzene rings is 1. The lowest BCUT2D eigenvalue weighted by Crippen LogP contribution is -2.46. The summed E-state index contributed by atoms with van der Waals surface area (Å²) in [6.07, 6.45) is -2.95. The lowest BCUT2D eigenvalue weighted by Gasteiger charge is -2.30. The van der Waals surface area contributed by atoms with Gasteiger partial charge in [0.05, 0.1) is 25.9 Å². The Morgan fingerprint density at radius 1 is 1.26 bits per heavy atom. The molecule has 6 atom stereocenters. The van der Waals surface area contributed by atoms with Crippen molar-refractivity contribution in [2.45, 2.75) is 76.2 Å². The molecule has 14 nitrogen and oxygen atoms in total. The Balaban J connectivity index is 1.25. The molecule has 16 heteroatoms. The normalized spacial score (nSPS) is 29.6. The number of nitrogens with one attached hydrogen (secondary N) is 1. The van der Waals surface area contributed by atoms with Gasteiger partial charge in [-0.25, -0.2) is 14.2 Å². The van der Waals surface area contributed by atoms with Crippen molar-refractivity contribution in [2.75, 3.05) is 18.5 Å². The van der Waals surface area contributed by atoms with Gasteiger partial charge in [-0.1, -0.05) is 44.5 Å². The third-order valence-corrected chi connectivity index (χ3v) is 8.81. The van der Waals surface area contributed by atoms with Gasteiger partial charge in [-0.05, 0) is 30.7 Å². The fourth-order valence-corrected chi connectivity index (χ4v) is 6.50. The predicted octanol–water partition coefficient (Wildman–Crippen LogP) is 3.66. The fraction of sp³-hybridized carbons (Fsp3) is 0.519. The second-order valence-electron chi connectivity index (χ2n) is 11.5. The van der Waals surface area contributed by atoms with Gasteiger partial charge in [0.25, 0.3) is 0 Å². The van der Waals surface area contributed by atoms with Gasteiger partial charge in [-0.3, -0.25) is 18.1 Å². The number of phosphoric ester groups is 1. The summed E-state index contributed by atoms with van der Waals surface area (Å²) >= 11 is 6.07. The number of aromatic nitrogens is 2. The van der Waals surface area contributed by atoms with Crippen molar-refractivity contribution in [1.82, 2.24) is 9.55 Å². The summed E-state index contributed by atoms with van der Waals surface area (Å²) in [4.78, 5) is 28.5. The lowest BCUT2D eigenvalue weighted by molar-refractivity contribution is -0.0989. The average Bonchev–Trinajstić information content (AvgIpc) is 3.43. The van der Waals surface area contributed by atoms with Gasteiger partial charge in [-0.2, -0.15) is 4.98 Å². The number of aliphatic hydroxyl groups excluding tert-OH is 1. The monoisotopic (exact) mass is 641 g/mol. The van der Waals surface area contributed by atoms with Crippen molar-refractivity contribution in [3.63, 3.8) is 0 Å². The van der Waals surface area contributed by atoms with Crippen LogP contribution in [0.5, 0.6) is 0 Å². The van der Waals surface area contributed by atoms with E-state index in [-0.39, 0.29) is 24.7 Å². The van der Waals surface area contributed by atoms with Crippen LogP contribution < -0.4 is 16.8 Å². The van der Waals surface area contributed by atoms with Gasteiger partial charge >= 0.3 is 19.3 Å². The smallest absolute Gasteiger partial charge is 0.395 e. The molecule has 0 bridgehead atoms. The second kappa shape index (κ2) is 11.9.